The van der Waals surface area contributed by atoms with Crippen LogP contribution < -0.4 is 5.32 Å². The normalized spacial score (nSPS) is 15.7. The van der Waals surface area contributed by atoms with Gasteiger partial charge in [0.25, 0.3) is 0 Å². The predicted octanol–water partition coefficient (Wildman–Crippen LogP) is 10.5. The first kappa shape index (κ1) is 31.0. The van der Waals surface area contributed by atoms with Crippen LogP contribution in [-0.2, 0) is 0 Å². The Hall–Kier alpha value is -0.0400. The van der Waals surface area contributed by atoms with E-state index in [4.69, 9.17) is 0 Å². The molecule has 0 aromatic heterocycles. The van der Waals surface area contributed by atoms with Crippen LogP contribution in [0.3, 0.4) is 0 Å². The van der Waals surface area contributed by atoms with Crippen LogP contribution in [0.15, 0.2) is 0 Å². The summed E-state index contributed by atoms with van der Waals surface area (Å²) in [6.45, 7) is 14.3. The van der Waals surface area contributed by atoms with Crippen LogP contribution in [0.5, 0.6) is 0 Å². The summed E-state index contributed by atoms with van der Waals surface area (Å²) in [5.74, 6) is 1.70. The van der Waals surface area contributed by atoms with Gasteiger partial charge in [-0.15, -0.1) is 0 Å². The van der Waals surface area contributed by atoms with Crippen molar-refractivity contribution in [2.75, 3.05) is 0 Å². The maximum absolute atomic E-state index is 4.03. The standard InChI is InChI=1S/C30H63N/c1-7-11-13-15-17-19-21-23-25-29(9-3)27(5)31-28(6)30(10-4)26-24-22-20-18-16-14-12-8-2/h27-31H,7-26H2,1-6H3. The van der Waals surface area contributed by atoms with Crippen molar-refractivity contribution in [3.05, 3.63) is 0 Å². The Morgan fingerprint density at radius 2 is 0.710 bits per heavy atom. The van der Waals surface area contributed by atoms with Gasteiger partial charge in [-0.2, -0.15) is 0 Å². The molecule has 0 spiro atoms. The van der Waals surface area contributed by atoms with Gasteiger partial charge in [-0.25, -0.2) is 0 Å². The minimum atomic E-state index is 0.664. The molecule has 0 aromatic rings. The van der Waals surface area contributed by atoms with Crippen molar-refractivity contribution in [2.45, 2.75) is 182 Å². The Morgan fingerprint density at radius 1 is 0.419 bits per heavy atom. The molecule has 4 unspecified atom stereocenters. The van der Waals surface area contributed by atoms with Crippen LogP contribution in [0.2, 0.25) is 0 Å². The van der Waals surface area contributed by atoms with Crippen molar-refractivity contribution in [3.63, 3.8) is 0 Å². The lowest BCUT2D eigenvalue weighted by atomic mass is 9.88. The fourth-order valence-corrected chi connectivity index (χ4v) is 5.38. The molecule has 0 saturated heterocycles. The quantitative estimate of drug-likeness (QED) is 0.148. The smallest absolute Gasteiger partial charge is 0.00694 e. The second kappa shape index (κ2) is 23.1. The monoisotopic (exact) mass is 437 g/mol. The van der Waals surface area contributed by atoms with Crippen molar-refractivity contribution in [1.29, 1.82) is 0 Å². The molecule has 188 valence electrons. The third-order valence-electron chi connectivity index (χ3n) is 7.85. The molecule has 1 nitrogen and oxygen atoms in total. The Labute approximate surface area is 199 Å². The van der Waals surface area contributed by atoms with Crippen molar-refractivity contribution in [2.24, 2.45) is 11.8 Å². The van der Waals surface area contributed by atoms with E-state index in [1.165, 1.54) is 128 Å². The van der Waals surface area contributed by atoms with E-state index in [0.29, 0.717) is 12.1 Å². The molecule has 0 rings (SSSR count). The number of rotatable bonds is 24. The number of hydrogen-bond donors (Lipinski definition) is 1. The summed E-state index contributed by atoms with van der Waals surface area (Å²) < 4.78 is 0. The first-order valence-corrected chi connectivity index (χ1v) is 14.9. The highest BCUT2D eigenvalue weighted by molar-refractivity contribution is 4.79. The van der Waals surface area contributed by atoms with E-state index in [-0.39, 0.29) is 0 Å². The maximum atomic E-state index is 4.03. The van der Waals surface area contributed by atoms with E-state index >= 15 is 0 Å². The zero-order valence-corrected chi connectivity index (χ0v) is 23.0. The largest absolute Gasteiger partial charge is 0.311 e. The Morgan fingerprint density at radius 3 is 1.00 bits per heavy atom. The van der Waals surface area contributed by atoms with E-state index in [2.05, 4.69) is 46.9 Å². The maximum Gasteiger partial charge on any atom is 0.00694 e. The molecule has 1 N–H and O–H groups in total. The molecule has 4 atom stereocenters. The van der Waals surface area contributed by atoms with E-state index in [9.17, 15) is 0 Å². The van der Waals surface area contributed by atoms with Crippen LogP contribution in [0.1, 0.15) is 170 Å². The Balaban J connectivity index is 3.97. The van der Waals surface area contributed by atoms with Gasteiger partial charge in [0.1, 0.15) is 0 Å². The third-order valence-corrected chi connectivity index (χ3v) is 7.85. The van der Waals surface area contributed by atoms with E-state index < -0.39 is 0 Å². The average Bonchev–Trinajstić information content (AvgIpc) is 2.77. The fourth-order valence-electron chi connectivity index (χ4n) is 5.38. The van der Waals surface area contributed by atoms with Crippen molar-refractivity contribution >= 4 is 0 Å². The van der Waals surface area contributed by atoms with Crippen LogP contribution in [0, 0.1) is 11.8 Å². The molecule has 0 amide bonds. The highest BCUT2D eigenvalue weighted by Crippen LogP contribution is 2.23. The van der Waals surface area contributed by atoms with Crippen LogP contribution in [0.25, 0.3) is 0 Å². The average molecular weight is 438 g/mol. The third kappa shape index (κ3) is 18.1. The SMILES string of the molecule is CCCCCCCCCCC(CC)C(C)NC(C)C(CC)CCCCCCCCCC. The van der Waals surface area contributed by atoms with Crippen molar-refractivity contribution < 1.29 is 0 Å². The van der Waals surface area contributed by atoms with E-state index in [1.807, 2.05) is 0 Å². The van der Waals surface area contributed by atoms with E-state index in [0.717, 1.165) is 11.8 Å². The van der Waals surface area contributed by atoms with Gasteiger partial charge in [0, 0.05) is 12.1 Å². The van der Waals surface area contributed by atoms with Crippen LogP contribution >= 0.6 is 0 Å². The van der Waals surface area contributed by atoms with Gasteiger partial charge in [0.15, 0.2) is 0 Å². The summed E-state index contributed by atoms with van der Waals surface area (Å²) in [7, 11) is 0. The molecular weight excluding hydrogens is 374 g/mol. The van der Waals surface area contributed by atoms with E-state index in [1.54, 1.807) is 0 Å². The molecule has 0 radical (unpaired) electrons. The molecule has 31 heavy (non-hydrogen) atoms. The Bertz CT molecular complexity index is 307. The summed E-state index contributed by atoms with van der Waals surface area (Å²) in [4.78, 5) is 0. The molecular formula is C30H63N. The Kier molecular flexibility index (Phi) is 23.1. The van der Waals surface area contributed by atoms with Gasteiger partial charge in [-0.3, -0.25) is 0 Å². The molecule has 0 saturated carbocycles. The molecule has 0 aliphatic carbocycles. The topological polar surface area (TPSA) is 12.0 Å². The molecule has 0 bridgehead atoms. The van der Waals surface area contributed by atoms with Crippen LogP contribution in [-0.4, -0.2) is 12.1 Å². The van der Waals surface area contributed by atoms with Gasteiger partial charge < -0.3 is 5.32 Å². The van der Waals surface area contributed by atoms with Gasteiger partial charge in [0.05, 0.1) is 0 Å². The van der Waals surface area contributed by atoms with Gasteiger partial charge in [0.2, 0.25) is 0 Å². The molecule has 0 aliphatic rings. The highest BCUT2D eigenvalue weighted by atomic mass is 14.9. The van der Waals surface area contributed by atoms with Crippen LogP contribution in [0.4, 0.5) is 0 Å². The number of unbranched alkanes of at least 4 members (excludes halogenated alkanes) is 14. The first-order chi connectivity index (χ1) is 15.1. The molecule has 0 aromatic carbocycles. The lowest BCUT2D eigenvalue weighted by molar-refractivity contribution is 0.257. The van der Waals surface area contributed by atoms with Crippen molar-refractivity contribution in [3.8, 4) is 0 Å². The number of nitrogens with one attached hydrogen (secondary N) is 1. The second-order valence-electron chi connectivity index (χ2n) is 10.6. The number of hydrogen-bond acceptors (Lipinski definition) is 1. The minimum absolute atomic E-state index is 0.664. The molecule has 0 fully saturated rings. The summed E-state index contributed by atoms with van der Waals surface area (Å²) in [5.41, 5.74) is 0. The van der Waals surface area contributed by atoms with Crippen molar-refractivity contribution in [1.82, 2.24) is 5.32 Å². The summed E-state index contributed by atoms with van der Waals surface area (Å²) in [6, 6.07) is 1.33. The van der Waals surface area contributed by atoms with Gasteiger partial charge in [-0.05, 0) is 38.5 Å². The minimum Gasteiger partial charge on any atom is -0.311 e. The lowest BCUT2D eigenvalue weighted by Gasteiger charge is -2.31. The summed E-state index contributed by atoms with van der Waals surface area (Å²) >= 11 is 0. The molecule has 1 heteroatoms. The molecule has 0 aliphatic heterocycles. The zero-order chi connectivity index (χ0) is 23.2. The summed E-state index contributed by atoms with van der Waals surface area (Å²) in [6.07, 6.45) is 28.4. The first-order valence-electron chi connectivity index (χ1n) is 14.9. The summed E-state index contributed by atoms with van der Waals surface area (Å²) in [5, 5.41) is 4.03. The molecule has 0 heterocycles. The second-order valence-corrected chi connectivity index (χ2v) is 10.6. The fraction of sp³-hybridized carbons (Fsp3) is 1.00. The predicted molar refractivity (Wildman–Crippen MR) is 144 cm³/mol. The van der Waals surface area contributed by atoms with Gasteiger partial charge in [-0.1, -0.05) is 143 Å². The lowest BCUT2D eigenvalue weighted by Crippen LogP contribution is -2.43. The highest BCUT2D eigenvalue weighted by Gasteiger charge is 2.21. The zero-order valence-electron chi connectivity index (χ0n) is 23.0. The van der Waals surface area contributed by atoms with Gasteiger partial charge >= 0.3 is 0 Å².